The fourth-order valence-electron chi connectivity index (χ4n) is 2.18. The average molecular weight is 298 g/mol. The normalized spacial score (nSPS) is 15.2. The zero-order chi connectivity index (χ0) is 14.4. The Bertz CT molecular complexity index is 462. The third-order valence-corrected chi connectivity index (χ3v) is 3.50. The Morgan fingerprint density at radius 3 is 2.85 bits per heavy atom. The number of nitrogens with one attached hydrogen (secondary N) is 2. The van der Waals surface area contributed by atoms with E-state index in [0.29, 0.717) is 31.2 Å². The van der Waals surface area contributed by atoms with E-state index >= 15 is 0 Å². The van der Waals surface area contributed by atoms with Gasteiger partial charge in [-0.2, -0.15) is 0 Å². The second-order valence-corrected chi connectivity index (χ2v) is 5.04. The van der Waals surface area contributed by atoms with E-state index in [0.717, 1.165) is 24.5 Å². The molecule has 1 aromatic rings. The van der Waals surface area contributed by atoms with Crippen molar-refractivity contribution in [3.63, 3.8) is 0 Å². The maximum absolute atomic E-state index is 11.9. The van der Waals surface area contributed by atoms with Crippen LogP contribution in [0.5, 0.6) is 0 Å². The van der Waals surface area contributed by atoms with Crippen molar-refractivity contribution in [1.82, 2.24) is 5.32 Å². The zero-order valence-electron chi connectivity index (χ0n) is 11.6. The van der Waals surface area contributed by atoms with Crippen molar-refractivity contribution in [2.75, 3.05) is 50.1 Å². The fraction of sp³-hybridized carbons (Fsp3) is 0.500. The SMILES string of the molecule is CNCCC(=O)Nc1cccc(Cl)c1N1CCOCC1. The number of halogens is 1. The molecule has 20 heavy (non-hydrogen) atoms. The van der Waals surface area contributed by atoms with E-state index in [1.165, 1.54) is 0 Å². The monoisotopic (exact) mass is 297 g/mol. The third kappa shape index (κ3) is 3.85. The highest BCUT2D eigenvalue weighted by molar-refractivity contribution is 6.34. The largest absolute Gasteiger partial charge is 0.378 e. The lowest BCUT2D eigenvalue weighted by Crippen LogP contribution is -2.37. The van der Waals surface area contributed by atoms with Gasteiger partial charge in [0, 0.05) is 26.1 Å². The molecule has 0 radical (unpaired) electrons. The highest BCUT2D eigenvalue weighted by atomic mass is 35.5. The van der Waals surface area contributed by atoms with Crippen LogP contribution in [0.2, 0.25) is 5.02 Å². The maximum atomic E-state index is 11.9. The summed E-state index contributed by atoms with van der Waals surface area (Å²) >= 11 is 6.30. The van der Waals surface area contributed by atoms with E-state index in [9.17, 15) is 4.79 Å². The van der Waals surface area contributed by atoms with Gasteiger partial charge in [-0.25, -0.2) is 0 Å². The molecule has 1 aliphatic heterocycles. The van der Waals surface area contributed by atoms with Gasteiger partial charge in [-0.3, -0.25) is 4.79 Å². The van der Waals surface area contributed by atoms with E-state index in [-0.39, 0.29) is 5.91 Å². The predicted molar refractivity (Wildman–Crippen MR) is 81.7 cm³/mol. The molecule has 0 atom stereocenters. The molecule has 0 aliphatic carbocycles. The first-order valence-corrected chi connectivity index (χ1v) is 7.16. The van der Waals surface area contributed by atoms with E-state index in [4.69, 9.17) is 16.3 Å². The van der Waals surface area contributed by atoms with Gasteiger partial charge in [0.1, 0.15) is 0 Å². The van der Waals surface area contributed by atoms with Crippen molar-refractivity contribution in [2.45, 2.75) is 6.42 Å². The minimum atomic E-state index is -0.0175. The van der Waals surface area contributed by atoms with Gasteiger partial charge in [0.25, 0.3) is 0 Å². The molecule has 1 amide bonds. The van der Waals surface area contributed by atoms with Gasteiger partial charge in [0.15, 0.2) is 0 Å². The van der Waals surface area contributed by atoms with Crippen LogP contribution in [0.1, 0.15) is 6.42 Å². The first kappa shape index (κ1) is 15.1. The molecule has 1 aliphatic rings. The average Bonchev–Trinajstić information content (AvgIpc) is 2.46. The lowest BCUT2D eigenvalue weighted by atomic mass is 10.2. The van der Waals surface area contributed by atoms with Crippen molar-refractivity contribution in [2.24, 2.45) is 0 Å². The molecule has 1 heterocycles. The highest BCUT2D eigenvalue weighted by Gasteiger charge is 2.18. The van der Waals surface area contributed by atoms with Gasteiger partial charge in [0.2, 0.25) is 5.91 Å². The Hall–Kier alpha value is -1.30. The van der Waals surface area contributed by atoms with E-state index in [1.54, 1.807) is 0 Å². The highest BCUT2D eigenvalue weighted by Crippen LogP contribution is 2.34. The summed E-state index contributed by atoms with van der Waals surface area (Å²) in [6, 6.07) is 5.57. The van der Waals surface area contributed by atoms with Crippen LogP contribution in [0.25, 0.3) is 0 Å². The minimum absolute atomic E-state index is 0.0175. The van der Waals surface area contributed by atoms with Crippen molar-refractivity contribution in [3.05, 3.63) is 23.2 Å². The molecule has 110 valence electrons. The van der Waals surface area contributed by atoms with Gasteiger partial charge in [-0.15, -0.1) is 0 Å². The molecule has 0 saturated carbocycles. The maximum Gasteiger partial charge on any atom is 0.225 e. The number of benzene rings is 1. The Kier molecular flexibility index (Phi) is 5.64. The summed E-state index contributed by atoms with van der Waals surface area (Å²) in [5.41, 5.74) is 1.65. The molecular formula is C14H20ClN3O2. The molecule has 6 heteroatoms. The predicted octanol–water partition coefficient (Wildman–Crippen LogP) is 1.72. The first-order valence-electron chi connectivity index (χ1n) is 6.78. The van der Waals surface area contributed by atoms with Crippen molar-refractivity contribution in [1.29, 1.82) is 0 Å². The number of amides is 1. The summed E-state index contributed by atoms with van der Waals surface area (Å²) < 4.78 is 5.35. The standard InChI is InChI=1S/C14H20ClN3O2/c1-16-6-5-13(19)17-12-4-2-3-11(15)14(12)18-7-9-20-10-8-18/h2-4,16H,5-10H2,1H3,(H,17,19). The second kappa shape index (κ2) is 7.47. The smallest absolute Gasteiger partial charge is 0.225 e. The van der Waals surface area contributed by atoms with Gasteiger partial charge < -0.3 is 20.3 Å². The van der Waals surface area contributed by atoms with Crippen LogP contribution in [0, 0.1) is 0 Å². The summed E-state index contributed by atoms with van der Waals surface area (Å²) in [5, 5.41) is 6.55. The van der Waals surface area contributed by atoms with Crippen LogP contribution >= 0.6 is 11.6 Å². The number of rotatable bonds is 5. The molecule has 0 bridgehead atoms. The van der Waals surface area contributed by atoms with Crippen LogP contribution in [0.3, 0.4) is 0 Å². The third-order valence-electron chi connectivity index (χ3n) is 3.19. The molecule has 0 spiro atoms. The van der Waals surface area contributed by atoms with Gasteiger partial charge >= 0.3 is 0 Å². The molecule has 2 rings (SSSR count). The number of morpholine rings is 1. The van der Waals surface area contributed by atoms with Crippen molar-refractivity contribution >= 4 is 28.9 Å². The first-order chi connectivity index (χ1) is 9.72. The van der Waals surface area contributed by atoms with Crippen LogP contribution < -0.4 is 15.5 Å². The molecule has 0 aromatic heterocycles. The van der Waals surface area contributed by atoms with E-state index < -0.39 is 0 Å². The lowest BCUT2D eigenvalue weighted by molar-refractivity contribution is -0.116. The molecular weight excluding hydrogens is 278 g/mol. The van der Waals surface area contributed by atoms with Crippen LogP contribution in [0.4, 0.5) is 11.4 Å². The number of para-hydroxylation sites is 1. The van der Waals surface area contributed by atoms with Gasteiger partial charge in [-0.1, -0.05) is 17.7 Å². The van der Waals surface area contributed by atoms with Crippen molar-refractivity contribution < 1.29 is 9.53 Å². The molecule has 1 aromatic carbocycles. The van der Waals surface area contributed by atoms with E-state index in [1.807, 2.05) is 25.2 Å². The number of hydrogen-bond acceptors (Lipinski definition) is 4. The number of anilines is 2. The Balaban J connectivity index is 2.15. The second-order valence-electron chi connectivity index (χ2n) is 4.64. The van der Waals surface area contributed by atoms with Crippen LogP contribution in [-0.2, 0) is 9.53 Å². The summed E-state index contributed by atoms with van der Waals surface area (Å²) in [4.78, 5) is 14.0. The summed E-state index contributed by atoms with van der Waals surface area (Å²) in [7, 11) is 1.83. The Morgan fingerprint density at radius 1 is 1.40 bits per heavy atom. The quantitative estimate of drug-likeness (QED) is 0.869. The molecule has 5 nitrogen and oxygen atoms in total. The summed E-state index contributed by atoms with van der Waals surface area (Å²) in [6.45, 7) is 3.57. The topological polar surface area (TPSA) is 53.6 Å². The summed E-state index contributed by atoms with van der Waals surface area (Å²) in [6.07, 6.45) is 0.436. The Labute approximate surface area is 124 Å². The lowest BCUT2D eigenvalue weighted by Gasteiger charge is -2.31. The Morgan fingerprint density at radius 2 is 2.15 bits per heavy atom. The number of carbonyl (C=O) groups excluding carboxylic acids is 1. The molecule has 2 N–H and O–H groups in total. The number of carbonyl (C=O) groups is 1. The van der Waals surface area contributed by atoms with Crippen LogP contribution in [-0.4, -0.2) is 45.8 Å². The van der Waals surface area contributed by atoms with Gasteiger partial charge in [-0.05, 0) is 19.2 Å². The van der Waals surface area contributed by atoms with E-state index in [2.05, 4.69) is 15.5 Å². The molecule has 1 fully saturated rings. The van der Waals surface area contributed by atoms with Crippen molar-refractivity contribution in [3.8, 4) is 0 Å². The molecule has 1 saturated heterocycles. The van der Waals surface area contributed by atoms with Crippen LogP contribution in [0.15, 0.2) is 18.2 Å². The fourth-order valence-corrected chi connectivity index (χ4v) is 2.47. The molecule has 0 unspecified atom stereocenters. The number of hydrogen-bond donors (Lipinski definition) is 2. The summed E-state index contributed by atoms with van der Waals surface area (Å²) in [5.74, 6) is -0.0175. The number of ether oxygens (including phenoxy) is 1. The van der Waals surface area contributed by atoms with Gasteiger partial charge in [0.05, 0.1) is 29.6 Å². The minimum Gasteiger partial charge on any atom is -0.378 e. The number of nitrogens with zero attached hydrogens (tertiary/aromatic N) is 1. The zero-order valence-corrected chi connectivity index (χ0v) is 12.4.